The van der Waals surface area contributed by atoms with Crippen molar-refractivity contribution in [2.24, 2.45) is 0 Å². The fourth-order valence-corrected chi connectivity index (χ4v) is 1.98. The zero-order valence-electron chi connectivity index (χ0n) is 12.1. The number of Topliss-reactive ketones (excluding diaryl/α,β-unsaturated/α-hetero) is 1. The van der Waals surface area contributed by atoms with E-state index in [0.29, 0.717) is 23.5 Å². The highest BCUT2D eigenvalue weighted by molar-refractivity contribution is 5.95. The fraction of sp³-hybridized carbons (Fsp3) is 0.250. The summed E-state index contributed by atoms with van der Waals surface area (Å²) >= 11 is 0. The number of nitrogens with two attached hydrogens (primary N) is 1. The molecule has 0 aliphatic rings. The molecule has 1 aromatic heterocycles. The second kappa shape index (κ2) is 6.37. The molecule has 1 aromatic carbocycles. The number of hydrogen-bond donors (Lipinski definition) is 3. The summed E-state index contributed by atoms with van der Waals surface area (Å²) in [5, 5.41) is 12.5. The van der Waals surface area contributed by atoms with Gasteiger partial charge in [0, 0.05) is 17.4 Å². The number of rotatable bonds is 5. The van der Waals surface area contributed by atoms with Crippen molar-refractivity contribution in [3.05, 3.63) is 47.7 Å². The molecule has 1 heterocycles. The maximum absolute atomic E-state index is 11.3. The molecule has 0 amide bonds. The Kier molecular flexibility index (Phi) is 4.55. The fourth-order valence-electron chi connectivity index (χ4n) is 1.98. The number of aliphatic hydroxyl groups is 1. The number of hydrogen-bond acceptors (Lipinski definition) is 5. The van der Waals surface area contributed by atoms with Gasteiger partial charge >= 0.3 is 0 Å². The Balaban J connectivity index is 2.13. The van der Waals surface area contributed by atoms with E-state index >= 15 is 0 Å². The van der Waals surface area contributed by atoms with E-state index in [9.17, 15) is 9.90 Å². The Morgan fingerprint density at radius 2 is 2.05 bits per heavy atom. The maximum atomic E-state index is 11.3. The highest BCUT2D eigenvalue weighted by Crippen LogP contribution is 2.22. The van der Waals surface area contributed by atoms with Crippen LogP contribution in [0.3, 0.4) is 0 Å². The van der Waals surface area contributed by atoms with Gasteiger partial charge in [-0.1, -0.05) is 12.1 Å². The van der Waals surface area contributed by atoms with E-state index in [1.165, 1.54) is 13.1 Å². The summed E-state index contributed by atoms with van der Waals surface area (Å²) in [6.07, 6.45) is 1.76. The zero-order valence-corrected chi connectivity index (χ0v) is 12.1. The lowest BCUT2D eigenvalue weighted by atomic mass is 10.1. The molecule has 0 bridgehead atoms. The van der Waals surface area contributed by atoms with Crippen LogP contribution in [0.25, 0.3) is 0 Å². The molecule has 0 saturated heterocycles. The van der Waals surface area contributed by atoms with Crippen LogP contribution in [0, 0.1) is 0 Å². The third kappa shape index (κ3) is 4.03. The molecule has 4 N–H and O–H groups in total. The zero-order chi connectivity index (χ0) is 15.4. The molecule has 2 aromatic rings. The van der Waals surface area contributed by atoms with E-state index in [-0.39, 0.29) is 11.9 Å². The molecule has 0 spiro atoms. The normalized spacial score (nSPS) is 12.0. The van der Waals surface area contributed by atoms with Crippen molar-refractivity contribution < 1.29 is 9.90 Å². The number of aromatic nitrogens is 1. The summed E-state index contributed by atoms with van der Waals surface area (Å²) in [6.45, 7) is 3.23. The summed E-state index contributed by atoms with van der Waals surface area (Å²) in [4.78, 5) is 15.4. The lowest BCUT2D eigenvalue weighted by molar-refractivity contribution is 0.101. The van der Waals surface area contributed by atoms with Crippen LogP contribution in [0.15, 0.2) is 36.5 Å². The average Bonchev–Trinajstić information content (AvgIpc) is 2.42. The molecule has 1 atom stereocenters. The Bertz CT molecular complexity index is 636. The van der Waals surface area contributed by atoms with Crippen molar-refractivity contribution in [3.8, 4) is 0 Å². The number of carbonyl (C=O) groups is 1. The first kappa shape index (κ1) is 15.0. The Morgan fingerprint density at radius 1 is 1.38 bits per heavy atom. The molecule has 2 rings (SSSR count). The minimum Gasteiger partial charge on any atom is -0.396 e. The van der Waals surface area contributed by atoms with Gasteiger partial charge in [0.15, 0.2) is 11.6 Å². The summed E-state index contributed by atoms with van der Waals surface area (Å²) < 4.78 is 0. The van der Waals surface area contributed by atoms with Crippen LogP contribution in [-0.2, 0) is 6.42 Å². The average molecular weight is 285 g/mol. The van der Waals surface area contributed by atoms with Gasteiger partial charge in [-0.3, -0.25) is 4.79 Å². The maximum Gasteiger partial charge on any atom is 0.161 e. The molecule has 0 aliphatic carbocycles. The number of anilines is 3. The molecule has 0 unspecified atom stereocenters. The summed E-state index contributed by atoms with van der Waals surface area (Å²) in [5.41, 5.74) is 8.72. The SMILES string of the molecule is CC(=O)c1cnc(Nc2ccc(C[C@H](C)O)cc2)c(N)c1. The lowest BCUT2D eigenvalue weighted by Gasteiger charge is -2.10. The largest absolute Gasteiger partial charge is 0.396 e. The van der Waals surface area contributed by atoms with Crippen LogP contribution in [0.2, 0.25) is 0 Å². The second-order valence-corrected chi connectivity index (χ2v) is 5.09. The molecule has 0 aliphatic heterocycles. The van der Waals surface area contributed by atoms with E-state index in [1.54, 1.807) is 13.0 Å². The number of ketones is 1. The van der Waals surface area contributed by atoms with Crippen LogP contribution < -0.4 is 11.1 Å². The molecule has 0 saturated carbocycles. The smallest absolute Gasteiger partial charge is 0.161 e. The first-order valence-corrected chi connectivity index (χ1v) is 6.76. The van der Waals surface area contributed by atoms with Crippen molar-refractivity contribution in [1.82, 2.24) is 4.98 Å². The Hall–Kier alpha value is -2.40. The van der Waals surface area contributed by atoms with Gasteiger partial charge in [0.2, 0.25) is 0 Å². The number of nitrogens with one attached hydrogen (secondary N) is 1. The third-order valence-corrected chi connectivity index (χ3v) is 3.07. The van der Waals surface area contributed by atoms with Gasteiger partial charge in [-0.05, 0) is 44.0 Å². The van der Waals surface area contributed by atoms with Crippen LogP contribution in [-0.4, -0.2) is 22.0 Å². The molecule has 5 nitrogen and oxygen atoms in total. The standard InChI is InChI=1S/C16H19N3O2/c1-10(20)7-12-3-5-14(6-4-12)19-16-15(17)8-13(9-18-16)11(2)21/h3-6,8-10,20H,7,17H2,1-2H3,(H,18,19)/t10-/m0/s1. The first-order chi connectivity index (χ1) is 9.95. The van der Waals surface area contributed by atoms with Crippen molar-refractivity contribution in [1.29, 1.82) is 0 Å². The lowest BCUT2D eigenvalue weighted by Crippen LogP contribution is -2.04. The van der Waals surface area contributed by atoms with E-state index in [1.807, 2.05) is 24.3 Å². The number of benzene rings is 1. The van der Waals surface area contributed by atoms with E-state index in [4.69, 9.17) is 5.73 Å². The summed E-state index contributed by atoms with van der Waals surface area (Å²) in [5.74, 6) is 0.450. The molecular formula is C16H19N3O2. The van der Waals surface area contributed by atoms with Gasteiger partial charge in [0.25, 0.3) is 0 Å². The minimum atomic E-state index is -0.361. The first-order valence-electron chi connectivity index (χ1n) is 6.76. The molecule has 0 radical (unpaired) electrons. The number of nitrogens with zero attached hydrogens (tertiary/aromatic N) is 1. The van der Waals surface area contributed by atoms with Gasteiger partial charge in [-0.15, -0.1) is 0 Å². The molecular weight excluding hydrogens is 266 g/mol. The van der Waals surface area contributed by atoms with E-state index in [2.05, 4.69) is 10.3 Å². The van der Waals surface area contributed by atoms with Crippen LogP contribution in [0.5, 0.6) is 0 Å². The Morgan fingerprint density at radius 3 is 2.57 bits per heavy atom. The van der Waals surface area contributed by atoms with Gasteiger partial charge in [-0.25, -0.2) is 4.98 Å². The van der Waals surface area contributed by atoms with E-state index < -0.39 is 0 Å². The molecule has 110 valence electrons. The van der Waals surface area contributed by atoms with E-state index in [0.717, 1.165) is 11.3 Å². The highest BCUT2D eigenvalue weighted by atomic mass is 16.3. The molecule has 0 fully saturated rings. The number of carbonyl (C=O) groups excluding carboxylic acids is 1. The van der Waals surface area contributed by atoms with Gasteiger partial charge in [0.05, 0.1) is 11.8 Å². The van der Waals surface area contributed by atoms with Gasteiger partial charge < -0.3 is 16.2 Å². The minimum absolute atomic E-state index is 0.0665. The number of aliphatic hydroxyl groups excluding tert-OH is 1. The highest BCUT2D eigenvalue weighted by Gasteiger charge is 2.06. The number of nitrogen functional groups attached to an aromatic ring is 1. The van der Waals surface area contributed by atoms with Crippen LogP contribution in [0.4, 0.5) is 17.2 Å². The van der Waals surface area contributed by atoms with Crippen molar-refractivity contribution in [2.45, 2.75) is 26.4 Å². The second-order valence-electron chi connectivity index (χ2n) is 5.09. The summed E-state index contributed by atoms with van der Waals surface area (Å²) in [7, 11) is 0. The van der Waals surface area contributed by atoms with Gasteiger partial charge in [0.1, 0.15) is 0 Å². The topological polar surface area (TPSA) is 88.2 Å². The predicted molar refractivity (Wildman–Crippen MR) is 83.8 cm³/mol. The van der Waals surface area contributed by atoms with Crippen LogP contribution >= 0.6 is 0 Å². The third-order valence-electron chi connectivity index (χ3n) is 3.07. The Labute approximate surface area is 123 Å². The summed E-state index contributed by atoms with van der Waals surface area (Å²) in [6, 6.07) is 9.29. The van der Waals surface area contributed by atoms with Crippen molar-refractivity contribution in [2.75, 3.05) is 11.1 Å². The monoisotopic (exact) mass is 285 g/mol. The number of pyridine rings is 1. The van der Waals surface area contributed by atoms with Crippen molar-refractivity contribution in [3.63, 3.8) is 0 Å². The van der Waals surface area contributed by atoms with Crippen molar-refractivity contribution >= 4 is 23.0 Å². The quantitative estimate of drug-likeness (QED) is 0.735. The van der Waals surface area contributed by atoms with Crippen LogP contribution in [0.1, 0.15) is 29.8 Å². The van der Waals surface area contributed by atoms with Gasteiger partial charge in [-0.2, -0.15) is 0 Å². The molecule has 21 heavy (non-hydrogen) atoms. The molecule has 5 heteroatoms. The predicted octanol–water partition coefficient (Wildman–Crippen LogP) is 2.53.